The molecule has 0 amide bonds. The topological polar surface area (TPSA) is 141 Å². The summed E-state index contributed by atoms with van der Waals surface area (Å²) in [7, 11) is 0. The van der Waals surface area contributed by atoms with Crippen LogP contribution in [0.3, 0.4) is 0 Å². The molecule has 14 nitrogen and oxygen atoms in total. The molecule has 0 N–H and O–H groups in total. The van der Waals surface area contributed by atoms with E-state index in [9.17, 15) is 0 Å². The Labute approximate surface area is 675 Å². The molecule has 24 aromatic rings. The minimum absolute atomic E-state index is 0.508. The van der Waals surface area contributed by atoms with Crippen LogP contribution in [-0.4, -0.2) is 62.7 Å². The molecule has 16 aromatic carbocycles. The number of para-hydroxylation sites is 6. The predicted molar refractivity (Wildman–Crippen MR) is 477 cm³/mol. The lowest BCUT2D eigenvalue weighted by Crippen LogP contribution is -2.05. The van der Waals surface area contributed by atoms with Crippen molar-refractivity contribution in [3.8, 4) is 108 Å². The summed E-state index contributed by atoms with van der Waals surface area (Å²) in [5.41, 5.74) is 25.6. The second-order valence-corrected chi connectivity index (χ2v) is 29.5. The largest absolute Gasteiger partial charge is 0.443 e. The molecule has 118 heavy (non-hydrogen) atoms. The molecule has 552 valence electrons. The summed E-state index contributed by atoms with van der Waals surface area (Å²) < 4.78 is 17.4. The van der Waals surface area contributed by atoms with Crippen LogP contribution in [0.25, 0.3) is 217 Å². The van der Waals surface area contributed by atoms with E-state index in [1.807, 2.05) is 126 Å². The molecule has 0 unspecified atom stereocenters. The maximum absolute atomic E-state index is 6.07. The number of hydrogen-bond acceptors (Lipinski definition) is 9. The zero-order valence-corrected chi connectivity index (χ0v) is 63.2. The Hall–Kier alpha value is -16.3. The van der Waals surface area contributed by atoms with Crippen LogP contribution in [0, 0.1) is 0 Å². The van der Waals surface area contributed by atoms with Crippen molar-refractivity contribution in [3.63, 3.8) is 0 Å². The van der Waals surface area contributed by atoms with E-state index < -0.39 is 0 Å². The first-order valence-electron chi connectivity index (χ1n) is 39.3. The van der Waals surface area contributed by atoms with E-state index in [4.69, 9.17) is 39.3 Å². The number of rotatable bonds is 12. The summed E-state index contributed by atoms with van der Waals surface area (Å²) in [6.45, 7) is 0. The van der Waals surface area contributed by atoms with Gasteiger partial charge in [-0.05, 0) is 150 Å². The molecule has 0 radical (unpaired) electrons. The highest BCUT2D eigenvalue weighted by molar-refractivity contribution is 6.15. The van der Waals surface area contributed by atoms with Gasteiger partial charge in [-0.1, -0.05) is 255 Å². The third kappa shape index (κ3) is 11.4. The van der Waals surface area contributed by atoms with Crippen molar-refractivity contribution in [1.82, 2.24) is 62.7 Å². The maximum Gasteiger partial charge on any atom is 0.239 e. The van der Waals surface area contributed by atoms with Gasteiger partial charge < -0.3 is 22.7 Å². The molecule has 0 aliphatic rings. The van der Waals surface area contributed by atoms with Gasteiger partial charge in [0.05, 0.1) is 60.7 Å². The van der Waals surface area contributed by atoms with Crippen molar-refractivity contribution in [2.24, 2.45) is 0 Å². The van der Waals surface area contributed by atoms with Crippen LogP contribution in [0.1, 0.15) is 0 Å². The Balaban J connectivity index is 0.000000138. The fourth-order valence-electron chi connectivity index (χ4n) is 17.3. The van der Waals surface area contributed by atoms with Crippen molar-refractivity contribution in [2.45, 2.75) is 0 Å². The van der Waals surface area contributed by atoms with E-state index in [-0.39, 0.29) is 0 Å². The summed E-state index contributed by atoms with van der Waals surface area (Å²) in [5, 5.41) is 9.65. The van der Waals surface area contributed by atoms with Crippen LogP contribution < -0.4 is 0 Å². The highest BCUT2D eigenvalue weighted by atomic mass is 16.3. The number of imidazole rings is 1. The van der Waals surface area contributed by atoms with Gasteiger partial charge in [0.15, 0.2) is 41.1 Å². The lowest BCUT2D eigenvalue weighted by Gasteiger charge is -2.12. The Morgan fingerprint density at radius 3 is 0.915 bits per heavy atom. The molecular weight excluding hydrogens is 1450 g/mol. The predicted octanol–water partition coefficient (Wildman–Crippen LogP) is 25.3. The van der Waals surface area contributed by atoms with Crippen molar-refractivity contribution in [2.75, 3.05) is 0 Å². The van der Waals surface area contributed by atoms with Crippen molar-refractivity contribution < 1.29 is 4.42 Å². The summed E-state index contributed by atoms with van der Waals surface area (Å²) in [6, 6.07) is 134. The van der Waals surface area contributed by atoms with Crippen LogP contribution in [-0.2, 0) is 0 Å². The molecule has 0 atom stereocenters. The second kappa shape index (κ2) is 27.8. The number of nitrogens with zero attached hydrogens (tertiary/aromatic N) is 13. The first-order chi connectivity index (χ1) is 58.5. The van der Waals surface area contributed by atoms with E-state index in [2.05, 4.69) is 284 Å². The van der Waals surface area contributed by atoms with Crippen molar-refractivity contribution in [3.05, 3.63) is 395 Å². The minimum atomic E-state index is 0.508. The summed E-state index contributed by atoms with van der Waals surface area (Å²) in [5.74, 6) is 3.40. The van der Waals surface area contributed by atoms with Gasteiger partial charge in [-0.15, -0.1) is 0 Å². The van der Waals surface area contributed by atoms with Crippen LogP contribution >= 0.6 is 0 Å². The van der Waals surface area contributed by atoms with Gasteiger partial charge in [0.25, 0.3) is 0 Å². The normalized spacial score (nSPS) is 11.7. The van der Waals surface area contributed by atoms with Crippen LogP contribution in [0.5, 0.6) is 0 Å². The van der Waals surface area contributed by atoms with Gasteiger partial charge >= 0.3 is 0 Å². The van der Waals surface area contributed by atoms with Gasteiger partial charge in [0, 0.05) is 88.1 Å². The second-order valence-electron chi connectivity index (χ2n) is 29.5. The molecule has 14 heteroatoms. The third-order valence-corrected chi connectivity index (χ3v) is 22.7. The van der Waals surface area contributed by atoms with Crippen LogP contribution in [0.4, 0.5) is 0 Å². The van der Waals surface area contributed by atoms with Crippen LogP contribution in [0.2, 0.25) is 0 Å². The Morgan fingerprint density at radius 2 is 0.517 bits per heavy atom. The maximum atomic E-state index is 6.07. The number of benzene rings is 16. The molecule has 0 fully saturated rings. The molecule has 8 heterocycles. The molecule has 0 saturated heterocycles. The zero-order valence-electron chi connectivity index (χ0n) is 63.2. The molecule has 24 rings (SSSR count). The zero-order chi connectivity index (χ0) is 77.7. The van der Waals surface area contributed by atoms with Gasteiger partial charge in [0.1, 0.15) is 11.8 Å². The summed E-state index contributed by atoms with van der Waals surface area (Å²) >= 11 is 0. The molecule has 0 spiro atoms. The lowest BCUT2D eigenvalue weighted by atomic mass is 10.0. The number of fused-ring (bicyclic) bond motifs is 14. The lowest BCUT2D eigenvalue weighted by molar-refractivity contribution is 0.602. The van der Waals surface area contributed by atoms with Crippen LogP contribution in [0.15, 0.2) is 399 Å². The number of hydrogen-bond donors (Lipinski definition) is 0. The van der Waals surface area contributed by atoms with E-state index in [0.29, 0.717) is 46.2 Å². The van der Waals surface area contributed by atoms with Gasteiger partial charge in [-0.25, -0.2) is 29.9 Å². The smallest absolute Gasteiger partial charge is 0.239 e. The van der Waals surface area contributed by atoms with E-state index >= 15 is 0 Å². The fourth-order valence-corrected chi connectivity index (χ4v) is 17.3. The summed E-state index contributed by atoms with van der Waals surface area (Å²) in [6.07, 6.45) is 3.29. The SMILES string of the molecule is c1ccc(-c2nc(-c3ccccc3)nc(-c3cc(-n4c5ccccc5c5cc(-c6ccc7c(c6)c6ccccc6n7-c6ccccc6)ccc54)cc4ncoc34)n2)cc1.c1ccc(-c2nc(-c3ccccc3)nc(-n3cnc4cc(-n5c6ccccc6c6cc(-c7ccc8c(c7)c7ccccc7n8-c7ccccc7)ccc65)ccc43)n2)cc1. The number of oxazole rings is 1. The minimum Gasteiger partial charge on any atom is -0.443 e. The average Bonchev–Trinajstić information content (AvgIpc) is 1.59. The standard InChI is InChI=1S/C52H33N7.C52H32N6O/c1-4-14-34(15-5-1)50-54-51(35-16-6-2-7-17-35)56-52(55-50)57-33-53-44-32-39(26-29-49(44)57)59-46-23-13-11-21-41(46)43-31-37(25-28-48(43)59)36-24-27-47-42(30-36)40-20-10-12-22-45(40)58(47)38-18-8-3-9-19-38;1-4-14-33(15-5-1)50-54-51(34-16-6-2-7-17-34)56-52(55-50)43-30-38(31-44-49(43)59-32-53-44)58-46-23-13-11-21-40(46)42-29-36(25-27-48(42)58)35-24-26-47-41(28-35)39-20-10-12-22-45(39)57(47)37-18-8-3-9-19-37/h1-33H;1-32H. The third-order valence-electron chi connectivity index (χ3n) is 22.7. The van der Waals surface area contributed by atoms with Gasteiger partial charge in [0.2, 0.25) is 5.95 Å². The molecular formula is C104H65N13O. The van der Waals surface area contributed by atoms with E-state index in [1.165, 1.54) is 71.9 Å². The van der Waals surface area contributed by atoms with Crippen molar-refractivity contribution in [1.29, 1.82) is 0 Å². The first kappa shape index (κ1) is 67.4. The Bertz CT molecular complexity index is 7930. The first-order valence-corrected chi connectivity index (χ1v) is 39.3. The van der Waals surface area contributed by atoms with Gasteiger partial charge in [-0.2, -0.15) is 9.97 Å². The molecule has 0 aliphatic carbocycles. The van der Waals surface area contributed by atoms with Crippen molar-refractivity contribution >= 4 is 109 Å². The van der Waals surface area contributed by atoms with E-state index in [0.717, 1.165) is 106 Å². The Morgan fingerprint density at radius 1 is 0.203 bits per heavy atom. The highest BCUT2D eigenvalue weighted by Gasteiger charge is 2.24. The molecule has 0 aliphatic heterocycles. The average molecular weight is 1510 g/mol. The van der Waals surface area contributed by atoms with Gasteiger partial charge in [-0.3, -0.25) is 4.57 Å². The fraction of sp³-hybridized carbons (Fsp3) is 0. The van der Waals surface area contributed by atoms with E-state index in [1.54, 1.807) is 6.33 Å². The summed E-state index contributed by atoms with van der Waals surface area (Å²) in [4.78, 5) is 39.4. The monoisotopic (exact) mass is 1510 g/mol. The Kier molecular flexibility index (Phi) is 15.9. The quantitative estimate of drug-likeness (QED) is 0.117. The molecule has 0 saturated carbocycles. The number of aromatic nitrogens is 13. The highest BCUT2D eigenvalue weighted by Crippen LogP contribution is 2.43. The molecule has 8 aromatic heterocycles. The molecule has 0 bridgehead atoms.